The van der Waals surface area contributed by atoms with Crippen molar-refractivity contribution < 1.29 is 32.6 Å². The van der Waals surface area contributed by atoms with Crippen molar-refractivity contribution in [3.05, 3.63) is 59.2 Å². The molecule has 2 amide bonds. The molecule has 31 heavy (non-hydrogen) atoms. The predicted molar refractivity (Wildman–Crippen MR) is 108 cm³/mol. The van der Waals surface area contributed by atoms with Crippen LogP contribution in [0.5, 0.6) is 5.75 Å². The number of nitrogens with zero attached hydrogens (tertiary/aromatic N) is 1. The lowest BCUT2D eigenvalue weighted by Crippen LogP contribution is -2.42. The Kier molecular flexibility index (Phi) is 6.84. The van der Waals surface area contributed by atoms with Crippen molar-refractivity contribution in [1.82, 2.24) is 4.90 Å². The minimum absolute atomic E-state index is 0.147. The molecule has 0 saturated carbocycles. The third kappa shape index (κ3) is 5.16. The number of aliphatic hydroxyl groups is 1. The van der Waals surface area contributed by atoms with Gasteiger partial charge >= 0.3 is 6.18 Å². The Bertz CT molecular complexity index is 962. The van der Waals surface area contributed by atoms with E-state index in [1.54, 1.807) is 19.1 Å². The molecule has 1 heterocycles. The van der Waals surface area contributed by atoms with Gasteiger partial charge in [-0.1, -0.05) is 24.3 Å². The summed E-state index contributed by atoms with van der Waals surface area (Å²) in [5.41, 5.74) is -0.591. The van der Waals surface area contributed by atoms with Crippen molar-refractivity contribution in [3.63, 3.8) is 0 Å². The normalized spacial score (nSPS) is 15.4. The SMILES string of the molecule is C[C@@H](CO)N1CCCOc2c(NC(=O)Cc3ccccc3C(F)(F)F)cccc2C1=O. The molecular weight excluding hydrogens is 413 g/mol. The maximum atomic E-state index is 13.2. The second kappa shape index (κ2) is 9.38. The first-order valence-electron chi connectivity index (χ1n) is 9.85. The smallest absolute Gasteiger partial charge is 0.416 e. The number of benzene rings is 2. The monoisotopic (exact) mass is 436 g/mol. The number of hydrogen-bond donors (Lipinski definition) is 2. The Labute approximate surface area is 177 Å². The number of hydrogen-bond acceptors (Lipinski definition) is 4. The van der Waals surface area contributed by atoms with Crippen LogP contribution in [0, 0.1) is 0 Å². The summed E-state index contributed by atoms with van der Waals surface area (Å²) in [4.78, 5) is 27.0. The Balaban J connectivity index is 1.86. The Morgan fingerprint density at radius 1 is 1.23 bits per heavy atom. The van der Waals surface area contributed by atoms with Crippen LogP contribution in [-0.4, -0.2) is 47.6 Å². The number of rotatable bonds is 5. The van der Waals surface area contributed by atoms with E-state index in [2.05, 4.69) is 5.32 Å². The second-order valence-electron chi connectivity index (χ2n) is 7.29. The van der Waals surface area contributed by atoms with Gasteiger partial charge < -0.3 is 20.1 Å². The van der Waals surface area contributed by atoms with Gasteiger partial charge in [0.05, 0.1) is 42.5 Å². The van der Waals surface area contributed by atoms with E-state index in [1.807, 2.05) is 0 Å². The highest BCUT2D eigenvalue weighted by Gasteiger charge is 2.33. The van der Waals surface area contributed by atoms with Crippen LogP contribution in [0.1, 0.15) is 34.8 Å². The van der Waals surface area contributed by atoms with Crippen molar-refractivity contribution >= 4 is 17.5 Å². The van der Waals surface area contributed by atoms with Gasteiger partial charge in [0.15, 0.2) is 5.75 Å². The predicted octanol–water partition coefficient (Wildman–Crippen LogP) is 3.49. The van der Waals surface area contributed by atoms with Crippen LogP contribution in [-0.2, 0) is 17.4 Å². The summed E-state index contributed by atoms with van der Waals surface area (Å²) >= 11 is 0. The summed E-state index contributed by atoms with van der Waals surface area (Å²) in [7, 11) is 0. The van der Waals surface area contributed by atoms with Gasteiger partial charge in [-0.05, 0) is 37.1 Å². The van der Waals surface area contributed by atoms with E-state index in [9.17, 15) is 27.9 Å². The molecule has 1 atom stereocenters. The first-order chi connectivity index (χ1) is 14.7. The summed E-state index contributed by atoms with van der Waals surface area (Å²) in [6.45, 7) is 2.21. The van der Waals surface area contributed by atoms with Gasteiger partial charge in [-0.3, -0.25) is 9.59 Å². The fourth-order valence-corrected chi connectivity index (χ4v) is 3.46. The molecule has 2 N–H and O–H groups in total. The molecule has 0 radical (unpaired) electrons. The van der Waals surface area contributed by atoms with Crippen LogP contribution in [0.15, 0.2) is 42.5 Å². The number of nitrogens with one attached hydrogen (secondary N) is 1. The summed E-state index contributed by atoms with van der Waals surface area (Å²) in [5, 5.41) is 12.0. The van der Waals surface area contributed by atoms with Crippen LogP contribution in [0.2, 0.25) is 0 Å². The molecule has 6 nitrogen and oxygen atoms in total. The summed E-state index contributed by atoms with van der Waals surface area (Å²) in [6.07, 6.45) is -4.53. The minimum Gasteiger partial charge on any atom is -0.490 e. The number of aliphatic hydroxyl groups excluding tert-OH is 1. The van der Waals surface area contributed by atoms with Gasteiger partial charge in [0, 0.05) is 6.54 Å². The van der Waals surface area contributed by atoms with E-state index in [1.165, 1.54) is 29.2 Å². The number of carbonyl (C=O) groups is 2. The Morgan fingerprint density at radius 3 is 2.68 bits per heavy atom. The van der Waals surface area contributed by atoms with E-state index < -0.39 is 30.1 Å². The lowest BCUT2D eigenvalue weighted by atomic mass is 10.0. The third-order valence-corrected chi connectivity index (χ3v) is 5.04. The van der Waals surface area contributed by atoms with Crippen molar-refractivity contribution in [3.8, 4) is 5.75 Å². The van der Waals surface area contributed by atoms with E-state index in [4.69, 9.17) is 4.74 Å². The van der Waals surface area contributed by atoms with Crippen LogP contribution in [0.3, 0.4) is 0 Å². The van der Waals surface area contributed by atoms with Gasteiger partial charge in [0.25, 0.3) is 5.91 Å². The molecule has 0 fully saturated rings. The molecule has 2 aromatic carbocycles. The Morgan fingerprint density at radius 2 is 1.97 bits per heavy atom. The third-order valence-electron chi connectivity index (χ3n) is 5.04. The zero-order chi connectivity index (χ0) is 22.6. The lowest BCUT2D eigenvalue weighted by Gasteiger charge is -2.31. The van der Waals surface area contributed by atoms with E-state index >= 15 is 0 Å². The van der Waals surface area contributed by atoms with Crippen LogP contribution < -0.4 is 10.1 Å². The van der Waals surface area contributed by atoms with Crippen molar-refractivity contribution in [1.29, 1.82) is 0 Å². The first kappa shape index (κ1) is 22.6. The van der Waals surface area contributed by atoms with Gasteiger partial charge in [0.2, 0.25) is 5.91 Å². The number of amides is 2. The number of fused-ring (bicyclic) bond motifs is 1. The maximum absolute atomic E-state index is 13.2. The molecule has 9 heteroatoms. The Hall–Kier alpha value is -3.07. The zero-order valence-corrected chi connectivity index (χ0v) is 16.9. The molecule has 0 aliphatic carbocycles. The number of para-hydroxylation sites is 1. The van der Waals surface area contributed by atoms with Crippen molar-refractivity contribution in [2.24, 2.45) is 0 Å². The minimum atomic E-state index is -4.57. The van der Waals surface area contributed by atoms with Crippen molar-refractivity contribution in [2.75, 3.05) is 25.1 Å². The number of halogens is 3. The van der Waals surface area contributed by atoms with Gasteiger partial charge in [0.1, 0.15) is 0 Å². The standard InChI is InChI=1S/C22H23F3N2O4/c1-14(13-28)27-10-5-11-31-20-16(21(27)30)7-4-9-18(20)26-19(29)12-15-6-2-3-8-17(15)22(23,24)25/h2-4,6-9,14,28H,5,10-13H2,1H3,(H,26,29)/t14-/m0/s1. The largest absolute Gasteiger partial charge is 0.490 e. The summed E-state index contributed by atoms with van der Waals surface area (Å²) in [6, 6.07) is 9.14. The maximum Gasteiger partial charge on any atom is 0.416 e. The van der Waals surface area contributed by atoms with Gasteiger partial charge in [-0.2, -0.15) is 13.2 Å². The topological polar surface area (TPSA) is 78.9 Å². The fraction of sp³-hybridized carbons (Fsp3) is 0.364. The molecular formula is C22H23F3N2O4. The zero-order valence-electron chi connectivity index (χ0n) is 16.9. The molecule has 2 aromatic rings. The molecule has 0 spiro atoms. The van der Waals surface area contributed by atoms with Crippen LogP contribution in [0.25, 0.3) is 0 Å². The molecule has 0 bridgehead atoms. The van der Waals surface area contributed by atoms with Gasteiger partial charge in [-0.25, -0.2) is 0 Å². The average molecular weight is 436 g/mol. The van der Waals surface area contributed by atoms with E-state index in [0.717, 1.165) is 6.07 Å². The lowest BCUT2D eigenvalue weighted by molar-refractivity contribution is -0.138. The van der Waals surface area contributed by atoms with Crippen molar-refractivity contribution in [2.45, 2.75) is 32.0 Å². The number of ether oxygens (including phenoxy) is 1. The van der Waals surface area contributed by atoms with Gasteiger partial charge in [-0.15, -0.1) is 0 Å². The summed E-state index contributed by atoms with van der Waals surface area (Å²) < 4.78 is 45.3. The first-order valence-corrected chi connectivity index (χ1v) is 9.85. The quantitative estimate of drug-likeness (QED) is 0.752. The van der Waals surface area contributed by atoms with E-state index in [-0.39, 0.29) is 41.7 Å². The molecule has 3 rings (SSSR count). The van der Waals surface area contributed by atoms with E-state index in [0.29, 0.717) is 13.0 Å². The number of alkyl halides is 3. The molecule has 1 aliphatic rings. The fourth-order valence-electron chi connectivity index (χ4n) is 3.46. The number of anilines is 1. The highest BCUT2D eigenvalue weighted by Crippen LogP contribution is 2.34. The molecule has 0 unspecified atom stereocenters. The molecule has 0 saturated heterocycles. The van der Waals surface area contributed by atoms with Crippen LogP contribution in [0.4, 0.5) is 18.9 Å². The second-order valence-corrected chi connectivity index (χ2v) is 7.29. The molecule has 1 aliphatic heterocycles. The average Bonchev–Trinajstić information content (AvgIpc) is 2.71. The summed E-state index contributed by atoms with van der Waals surface area (Å²) in [5.74, 6) is -0.849. The molecule has 166 valence electrons. The van der Waals surface area contributed by atoms with Crippen LogP contribution >= 0.6 is 0 Å². The molecule has 0 aromatic heterocycles. The highest BCUT2D eigenvalue weighted by atomic mass is 19.4. The highest BCUT2D eigenvalue weighted by molar-refractivity contribution is 6.02. The number of carbonyl (C=O) groups excluding carboxylic acids is 2.